The third-order valence-electron chi connectivity index (χ3n) is 3.73. The van der Waals surface area contributed by atoms with Gasteiger partial charge in [0.05, 0.1) is 23.3 Å². The molecular weight excluding hydrogens is 388 g/mol. The van der Waals surface area contributed by atoms with Crippen LogP contribution in [0.15, 0.2) is 16.7 Å². The molecule has 0 aliphatic heterocycles. The van der Waals surface area contributed by atoms with Crippen molar-refractivity contribution in [1.82, 2.24) is 5.32 Å². The van der Waals surface area contributed by atoms with Crippen molar-refractivity contribution in [3.05, 3.63) is 39.7 Å². The topological polar surface area (TPSA) is 124 Å². The summed E-state index contributed by atoms with van der Waals surface area (Å²) < 4.78 is 15.0. The fourth-order valence-corrected chi connectivity index (χ4v) is 3.51. The number of carbonyl (C=O) groups is 4. The minimum atomic E-state index is -0.708. The molecule has 0 aromatic carbocycles. The molecule has 0 unspecified atom stereocenters. The van der Waals surface area contributed by atoms with Crippen molar-refractivity contribution >= 4 is 40.1 Å². The number of aryl methyl sites for hydroxylation is 1. The van der Waals surface area contributed by atoms with E-state index < -0.39 is 30.4 Å². The van der Waals surface area contributed by atoms with Crippen LogP contribution in [0.4, 0.5) is 5.00 Å². The standard InChI is InChI=1S/C18H20N2O7S/c1-5-25-18(24)13-9(2)14(15(22)19-4)28-16(13)20-12(21)8-27-17(23)11-6-7-26-10(11)3/h6-7H,5,8H2,1-4H3,(H,19,22)(H,20,21). The summed E-state index contributed by atoms with van der Waals surface area (Å²) in [6.07, 6.45) is 1.34. The van der Waals surface area contributed by atoms with Gasteiger partial charge in [-0.15, -0.1) is 11.3 Å². The van der Waals surface area contributed by atoms with Crippen molar-refractivity contribution in [3.8, 4) is 0 Å². The highest BCUT2D eigenvalue weighted by Gasteiger charge is 2.26. The molecule has 0 bridgehead atoms. The molecule has 0 spiro atoms. The Balaban J connectivity index is 2.16. The lowest BCUT2D eigenvalue weighted by Gasteiger charge is -2.07. The average molecular weight is 408 g/mol. The SMILES string of the molecule is CCOC(=O)c1c(NC(=O)COC(=O)c2ccoc2C)sc(C(=O)NC)c1C. The molecule has 2 aromatic rings. The Morgan fingerprint density at radius 1 is 1.14 bits per heavy atom. The highest BCUT2D eigenvalue weighted by molar-refractivity contribution is 7.18. The third kappa shape index (κ3) is 4.58. The molecule has 2 amide bonds. The summed E-state index contributed by atoms with van der Waals surface area (Å²) in [7, 11) is 1.46. The molecule has 0 fully saturated rings. The van der Waals surface area contributed by atoms with E-state index >= 15 is 0 Å². The van der Waals surface area contributed by atoms with E-state index in [1.54, 1.807) is 20.8 Å². The molecule has 2 aromatic heterocycles. The molecule has 0 aliphatic carbocycles. The van der Waals surface area contributed by atoms with E-state index in [0.29, 0.717) is 11.3 Å². The molecule has 2 rings (SSSR count). The summed E-state index contributed by atoms with van der Waals surface area (Å²) in [5.41, 5.74) is 0.703. The van der Waals surface area contributed by atoms with Gasteiger partial charge in [-0.25, -0.2) is 9.59 Å². The number of esters is 2. The molecule has 0 saturated heterocycles. The second kappa shape index (κ2) is 9.18. The molecule has 9 nitrogen and oxygen atoms in total. The number of ether oxygens (including phenoxy) is 2. The smallest absolute Gasteiger partial charge is 0.342 e. The molecule has 0 saturated carbocycles. The number of rotatable bonds is 7. The van der Waals surface area contributed by atoms with Gasteiger partial charge < -0.3 is 24.5 Å². The molecule has 2 heterocycles. The summed E-state index contributed by atoms with van der Waals surface area (Å²) in [6.45, 7) is 4.40. The lowest BCUT2D eigenvalue weighted by Crippen LogP contribution is -2.22. The molecule has 0 atom stereocenters. The van der Waals surface area contributed by atoms with Crippen LogP contribution in [0.3, 0.4) is 0 Å². The Hall–Kier alpha value is -3.14. The zero-order valence-corrected chi connectivity index (χ0v) is 16.7. The first kappa shape index (κ1) is 21.2. The van der Waals surface area contributed by atoms with Crippen molar-refractivity contribution in [1.29, 1.82) is 0 Å². The van der Waals surface area contributed by atoms with E-state index in [1.807, 2.05) is 0 Å². The zero-order valence-electron chi connectivity index (χ0n) is 15.8. The first-order chi connectivity index (χ1) is 13.3. The van der Waals surface area contributed by atoms with Gasteiger partial charge >= 0.3 is 11.9 Å². The van der Waals surface area contributed by atoms with Gasteiger partial charge in [0.25, 0.3) is 11.8 Å². The Morgan fingerprint density at radius 2 is 1.86 bits per heavy atom. The number of nitrogens with one attached hydrogen (secondary N) is 2. The Bertz CT molecular complexity index is 913. The van der Waals surface area contributed by atoms with Crippen LogP contribution in [0.2, 0.25) is 0 Å². The lowest BCUT2D eigenvalue weighted by atomic mass is 10.1. The average Bonchev–Trinajstić information content (AvgIpc) is 3.22. The fraction of sp³-hybridized carbons (Fsp3) is 0.333. The van der Waals surface area contributed by atoms with Gasteiger partial charge in [0.2, 0.25) is 0 Å². The summed E-state index contributed by atoms with van der Waals surface area (Å²) in [5.74, 6) is -2.05. The number of thiophene rings is 1. The molecule has 0 aliphatic rings. The third-order valence-corrected chi connectivity index (χ3v) is 4.93. The normalized spacial score (nSPS) is 10.3. The van der Waals surface area contributed by atoms with Gasteiger partial charge in [0, 0.05) is 7.05 Å². The molecule has 0 radical (unpaired) electrons. The predicted molar refractivity (Wildman–Crippen MR) is 101 cm³/mol. The van der Waals surface area contributed by atoms with Crippen molar-refractivity contribution in [2.24, 2.45) is 0 Å². The van der Waals surface area contributed by atoms with Gasteiger partial charge in [0.1, 0.15) is 16.3 Å². The highest BCUT2D eigenvalue weighted by atomic mass is 32.1. The van der Waals surface area contributed by atoms with Crippen LogP contribution < -0.4 is 10.6 Å². The van der Waals surface area contributed by atoms with E-state index in [1.165, 1.54) is 19.4 Å². The molecular formula is C18H20N2O7S. The highest BCUT2D eigenvalue weighted by Crippen LogP contribution is 2.33. The van der Waals surface area contributed by atoms with Gasteiger partial charge in [-0.1, -0.05) is 0 Å². The number of amides is 2. The van der Waals surface area contributed by atoms with Gasteiger partial charge in [-0.2, -0.15) is 0 Å². The number of carbonyl (C=O) groups excluding carboxylic acids is 4. The maximum absolute atomic E-state index is 12.3. The van der Waals surface area contributed by atoms with Crippen LogP contribution in [0.25, 0.3) is 0 Å². The minimum absolute atomic E-state index is 0.0933. The monoisotopic (exact) mass is 408 g/mol. The first-order valence-electron chi connectivity index (χ1n) is 8.33. The quantitative estimate of drug-likeness (QED) is 0.674. The van der Waals surface area contributed by atoms with E-state index in [-0.39, 0.29) is 27.6 Å². The van der Waals surface area contributed by atoms with E-state index in [0.717, 1.165) is 11.3 Å². The minimum Gasteiger partial charge on any atom is -0.469 e. The first-order valence-corrected chi connectivity index (χ1v) is 9.15. The molecule has 28 heavy (non-hydrogen) atoms. The van der Waals surface area contributed by atoms with Crippen LogP contribution in [0.1, 0.15) is 48.6 Å². The summed E-state index contributed by atoms with van der Waals surface area (Å²) in [5, 5.41) is 5.13. The van der Waals surface area contributed by atoms with Crippen LogP contribution in [-0.4, -0.2) is 44.0 Å². The van der Waals surface area contributed by atoms with Crippen molar-refractivity contribution in [2.45, 2.75) is 20.8 Å². The number of furan rings is 1. The maximum atomic E-state index is 12.3. The molecule has 150 valence electrons. The predicted octanol–water partition coefficient (Wildman–Crippen LogP) is 2.29. The van der Waals surface area contributed by atoms with E-state index in [9.17, 15) is 19.2 Å². The van der Waals surface area contributed by atoms with Crippen LogP contribution in [-0.2, 0) is 14.3 Å². The van der Waals surface area contributed by atoms with Crippen molar-refractivity contribution < 1.29 is 33.1 Å². The number of hydrogen-bond acceptors (Lipinski definition) is 8. The number of hydrogen-bond donors (Lipinski definition) is 2. The summed E-state index contributed by atoms with van der Waals surface area (Å²) >= 11 is 0.935. The van der Waals surface area contributed by atoms with Gasteiger partial charge in [-0.3, -0.25) is 9.59 Å². The van der Waals surface area contributed by atoms with Crippen LogP contribution >= 0.6 is 11.3 Å². The van der Waals surface area contributed by atoms with Crippen LogP contribution in [0.5, 0.6) is 0 Å². The van der Waals surface area contributed by atoms with Crippen molar-refractivity contribution in [2.75, 3.05) is 25.6 Å². The lowest BCUT2D eigenvalue weighted by molar-refractivity contribution is -0.119. The summed E-state index contributed by atoms with van der Waals surface area (Å²) in [6, 6.07) is 1.44. The van der Waals surface area contributed by atoms with E-state index in [4.69, 9.17) is 13.9 Å². The van der Waals surface area contributed by atoms with Crippen LogP contribution in [0, 0.1) is 13.8 Å². The number of anilines is 1. The molecule has 2 N–H and O–H groups in total. The van der Waals surface area contributed by atoms with Crippen molar-refractivity contribution in [3.63, 3.8) is 0 Å². The fourth-order valence-electron chi connectivity index (χ4n) is 2.35. The summed E-state index contributed by atoms with van der Waals surface area (Å²) in [4.78, 5) is 48.7. The Morgan fingerprint density at radius 3 is 2.43 bits per heavy atom. The van der Waals surface area contributed by atoms with Gasteiger partial charge in [-0.05, 0) is 32.4 Å². The zero-order chi connectivity index (χ0) is 20.8. The second-order valence-corrected chi connectivity index (χ2v) is 6.60. The molecule has 10 heteroatoms. The Labute approximate surface area is 165 Å². The Kier molecular flexibility index (Phi) is 6.94. The van der Waals surface area contributed by atoms with Gasteiger partial charge in [0.15, 0.2) is 6.61 Å². The largest absolute Gasteiger partial charge is 0.469 e. The maximum Gasteiger partial charge on any atom is 0.342 e. The van der Waals surface area contributed by atoms with E-state index in [2.05, 4.69) is 10.6 Å². The second-order valence-electron chi connectivity index (χ2n) is 5.57.